The van der Waals surface area contributed by atoms with Crippen LogP contribution in [0.15, 0.2) is 42.6 Å². The van der Waals surface area contributed by atoms with E-state index >= 15 is 0 Å². The highest BCUT2D eigenvalue weighted by molar-refractivity contribution is 7.29. The number of nitrogens with one attached hydrogen (secondary N) is 1. The first kappa shape index (κ1) is 22.5. The summed E-state index contributed by atoms with van der Waals surface area (Å²) < 4.78 is 8.58. The van der Waals surface area contributed by atoms with Crippen LogP contribution >= 0.6 is 34.3 Å². The second-order valence-electron chi connectivity index (χ2n) is 7.90. The maximum absolute atomic E-state index is 12.3. The number of aliphatic carboxylic acids is 1. The van der Waals surface area contributed by atoms with E-state index in [9.17, 15) is 14.7 Å². The lowest BCUT2D eigenvalue weighted by Crippen LogP contribution is -2.18. The number of carbonyl (C=O) groups excluding carboxylic acids is 1. The number of benzene rings is 1. The van der Waals surface area contributed by atoms with E-state index < -0.39 is 17.5 Å². The van der Waals surface area contributed by atoms with Gasteiger partial charge in [-0.15, -0.1) is 22.7 Å². The number of anilines is 1. The number of thiophene rings is 2. The summed E-state index contributed by atoms with van der Waals surface area (Å²) in [4.78, 5) is 25.5. The summed E-state index contributed by atoms with van der Waals surface area (Å²) in [6, 6.07) is 11.3. The van der Waals surface area contributed by atoms with Crippen LogP contribution in [-0.2, 0) is 28.6 Å². The molecule has 10 heteroatoms. The number of carboxylic acids is 1. The smallest absolute Gasteiger partial charge is 0.413 e. The molecule has 0 radical (unpaired) electrons. The quantitative estimate of drug-likeness (QED) is 0.339. The fraction of sp³-hybridized carbons (Fsp3) is 0.208. The molecule has 1 aliphatic rings. The number of nitrogens with zero attached hydrogens (tertiary/aromatic N) is 2. The third-order valence-electron chi connectivity index (χ3n) is 5.60. The van der Waals surface area contributed by atoms with E-state index in [1.54, 1.807) is 13.2 Å². The molecule has 5 rings (SSSR count). The van der Waals surface area contributed by atoms with Crippen LogP contribution in [-0.4, -0.2) is 26.9 Å². The molecule has 1 aromatic carbocycles. The molecule has 1 amide bonds. The first-order valence-corrected chi connectivity index (χ1v) is 12.4. The van der Waals surface area contributed by atoms with Crippen molar-refractivity contribution < 1.29 is 19.4 Å². The highest BCUT2D eigenvalue weighted by Crippen LogP contribution is 2.56. The normalized spacial score (nSPS) is 13.8. The molecule has 0 spiro atoms. The van der Waals surface area contributed by atoms with E-state index in [1.807, 2.05) is 36.4 Å². The average Bonchev–Trinajstić information content (AvgIpc) is 3.31. The highest BCUT2D eigenvalue weighted by atomic mass is 35.5. The van der Waals surface area contributed by atoms with E-state index in [2.05, 4.69) is 22.3 Å². The standard InChI is InChI=1S/C24H18ClN3O4S2/c1-28-21(27-23(31)32-13-14-5-3-2-4-6-14)15(12-26-28)7-8-16-11-17-19(33-16)18(25)20(34-17)24(9-10-24)22(29)30/h2-6,11-12H,9-10,13H2,1H3,(H,27,31)(H,29,30). The molecule has 2 N–H and O–H groups in total. The van der Waals surface area contributed by atoms with Crippen LogP contribution < -0.4 is 5.32 Å². The molecule has 1 saturated carbocycles. The minimum atomic E-state index is -0.822. The van der Waals surface area contributed by atoms with E-state index in [1.165, 1.54) is 27.4 Å². The molecule has 3 heterocycles. The van der Waals surface area contributed by atoms with E-state index in [-0.39, 0.29) is 6.61 Å². The van der Waals surface area contributed by atoms with Gasteiger partial charge in [-0.3, -0.25) is 14.8 Å². The second-order valence-corrected chi connectivity index (χ2v) is 10.4. The summed E-state index contributed by atoms with van der Waals surface area (Å²) in [7, 11) is 1.70. The molecule has 34 heavy (non-hydrogen) atoms. The number of carbonyl (C=O) groups is 2. The van der Waals surface area contributed by atoms with Crippen molar-refractivity contribution in [2.75, 3.05) is 5.32 Å². The van der Waals surface area contributed by atoms with Gasteiger partial charge in [0.25, 0.3) is 0 Å². The molecule has 0 aliphatic heterocycles. The molecule has 4 aromatic rings. The van der Waals surface area contributed by atoms with E-state index in [0.717, 1.165) is 24.7 Å². The van der Waals surface area contributed by atoms with Crippen molar-refractivity contribution in [3.05, 3.63) is 68.5 Å². The van der Waals surface area contributed by atoms with Gasteiger partial charge in [0.15, 0.2) is 0 Å². The predicted octanol–water partition coefficient (Wildman–Crippen LogP) is 5.61. The van der Waals surface area contributed by atoms with Gasteiger partial charge in [-0.25, -0.2) is 4.79 Å². The number of carboxylic acid groups (broad SMARTS) is 1. The van der Waals surface area contributed by atoms with Gasteiger partial charge in [0.1, 0.15) is 17.8 Å². The van der Waals surface area contributed by atoms with Crippen molar-refractivity contribution in [2.24, 2.45) is 7.05 Å². The van der Waals surface area contributed by atoms with Gasteiger partial charge in [0.2, 0.25) is 0 Å². The zero-order chi connectivity index (χ0) is 23.9. The Morgan fingerprint density at radius 1 is 1.26 bits per heavy atom. The summed E-state index contributed by atoms with van der Waals surface area (Å²) in [5, 5.41) is 17.0. The Morgan fingerprint density at radius 2 is 2.03 bits per heavy atom. The van der Waals surface area contributed by atoms with Gasteiger partial charge < -0.3 is 9.84 Å². The fourth-order valence-corrected chi connectivity index (χ4v) is 6.63. The first-order chi connectivity index (χ1) is 16.4. The number of hydrogen-bond acceptors (Lipinski definition) is 6. The molecular formula is C24H18ClN3O4S2. The Kier molecular flexibility index (Phi) is 5.81. The van der Waals surface area contributed by atoms with Gasteiger partial charge in [0, 0.05) is 16.6 Å². The largest absolute Gasteiger partial charge is 0.481 e. The SMILES string of the molecule is Cn1ncc(C#Cc2cc3sc(C4(C(=O)O)CC4)c(Cl)c3s2)c1NC(=O)OCc1ccccc1. The Balaban J connectivity index is 1.32. The lowest BCUT2D eigenvalue weighted by Gasteiger charge is -2.07. The molecule has 1 aliphatic carbocycles. The van der Waals surface area contributed by atoms with Crippen molar-refractivity contribution in [1.29, 1.82) is 0 Å². The Bertz CT molecular complexity index is 1470. The van der Waals surface area contributed by atoms with Crippen molar-refractivity contribution in [1.82, 2.24) is 9.78 Å². The fourth-order valence-electron chi connectivity index (χ4n) is 3.56. The third kappa shape index (κ3) is 4.16. The van der Waals surface area contributed by atoms with Crippen molar-refractivity contribution in [3.63, 3.8) is 0 Å². The van der Waals surface area contributed by atoms with Crippen molar-refractivity contribution >= 4 is 61.6 Å². The van der Waals surface area contributed by atoms with Crippen molar-refractivity contribution in [3.8, 4) is 11.8 Å². The van der Waals surface area contributed by atoms with E-state index in [4.69, 9.17) is 16.3 Å². The molecule has 172 valence electrons. The summed E-state index contributed by atoms with van der Waals surface area (Å²) in [6.07, 6.45) is 2.21. The van der Waals surface area contributed by atoms with Crippen LogP contribution in [0.1, 0.15) is 33.7 Å². The Morgan fingerprint density at radius 3 is 2.71 bits per heavy atom. The zero-order valence-corrected chi connectivity index (χ0v) is 20.3. The summed E-state index contributed by atoms with van der Waals surface area (Å²) in [5.74, 6) is 5.76. The van der Waals surface area contributed by atoms with Gasteiger partial charge >= 0.3 is 12.1 Å². The van der Waals surface area contributed by atoms with Gasteiger partial charge in [-0.1, -0.05) is 53.8 Å². The summed E-state index contributed by atoms with van der Waals surface area (Å²) in [5.41, 5.74) is 0.612. The monoisotopic (exact) mass is 511 g/mol. The second kappa shape index (κ2) is 8.80. The molecule has 7 nitrogen and oxygen atoms in total. The highest BCUT2D eigenvalue weighted by Gasteiger charge is 2.54. The topological polar surface area (TPSA) is 93.5 Å². The van der Waals surface area contributed by atoms with Gasteiger partial charge in [-0.2, -0.15) is 5.10 Å². The Labute approximate surface area is 207 Å². The maximum Gasteiger partial charge on any atom is 0.413 e. The zero-order valence-electron chi connectivity index (χ0n) is 17.9. The van der Waals surface area contributed by atoms with Crippen LogP contribution in [0.2, 0.25) is 5.02 Å². The third-order valence-corrected chi connectivity index (χ3v) is 8.74. The van der Waals surface area contributed by atoms with Crippen LogP contribution in [0.4, 0.5) is 10.6 Å². The molecule has 0 unspecified atom stereocenters. The number of aryl methyl sites for hydroxylation is 1. The molecule has 0 atom stereocenters. The summed E-state index contributed by atoms with van der Waals surface area (Å²) in [6.45, 7) is 0.156. The van der Waals surface area contributed by atoms with Gasteiger partial charge in [-0.05, 0) is 24.5 Å². The molecule has 1 fully saturated rings. The average molecular weight is 512 g/mol. The number of halogens is 1. The van der Waals surface area contributed by atoms with E-state index in [0.29, 0.717) is 29.2 Å². The summed E-state index contributed by atoms with van der Waals surface area (Å²) >= 11 is 9.40. The number of rotatable bonds is 5. The minimum Gasteiger partial charge on any atom is -0.481 e. The number of amides is 1. The van der Waals surface area contributed by atoms with Crippen molar-refractivity contribution in [2.45, 2.75) is 24.9 Å². The van der Waals surface area contributed by atoms with Gasteiger partial charge in [0.05, 0.1) is 26.4 Å². The number of hydrogen-bond donors (Lipinski definition) is 2. The van der Waals surface area contributed by atoms with Crippen LogP contribution in [0.5, 0.6) is 0 Å². The lowest BCUT2D eigenvalue weighted by atomic mass is 10.1. The lowest BCUT2D eigenvalue weighted by molar-refractivity contribution is -0.139. The molecular weight excluding hydrogens is 494 g/mol. The van der Waals surface area contributed by atoms with Crippen LogP contribution in [0.25, 0.3) is 9.40 Å². The number of ether oxygens (including phenoxy) is 1. The van der Waals surface area contributed by atoms with Crippen LogP contribution in [0.3, 0.4) is 0 Å². The first-order valence-electron chi connectivity index (χ1n) is 10.3. The molecule has 3 aromatic heterocycles. The Hall–Kier alpha value is -3.32. The number of aromatic nitrogens is 2. The van der Waals surface area contributed by atoms with Crippen LogP contribution in [0, 0.1) is 11.8 Å². The maximum atomic E-state index is 12.3. The number of fused-ring (bicyclic) bond motifs is 1. The molecule has 0 saturated heterocycles. The molecule has 0 bridgehead atoms. The predicted molar refractivity (Wildman–Crippen MR) is 133 cm³/mol. The minimum absolute atomic E-state index is 0.156.